The Hall–Kier alpha value is -1.24. The SMILES string of the molecule is OC1C[C@@H]2[C@@H](CCC(F)(F)COc3ccccc3)[C@H](O)C[C@@H]2O1. The minimum Gasteiger partial charge on any atom is -0.487 e. The van der Waals surface area contributed by atoms with Gasteiger partial charge in [-0.05, 0) is 30.4 Å². The molecular formula is C17H22F2O4. The first-order valence-corrected chi connectivity index (χ1v) is 8.02. The standard InChI is InChI=1S/C17H22F2O4/c18-17(19,10-22-11-4-2-1-3-5-11)7-6-12-13-8-16(21)23-15(13)9-14(12)20/h1-5,12-16,20-21H,6-10H2/t12-,13-,14-,15+,16?/m1/s1. The summed E-state index contributed by atoms with van der Waals surface area (Å²) in [6.07, 6.45) is -0.994. The fraction of sp³-hybridized carbons (Fsp3) is 0.647. The molecule has 4 nitrogen and oxygen atoms in total. The van der Waals surface area contributed by atoms with Gasteiger partial charge in [0.25, 0.3) is 5.92 Å². The molecule has 23 heavy (non-hydrogen) atoms. The van der Waals surface area contributed by atoms with Crippen LogP contribution in [-0.2, 0) is 4.74 Å². The molecule has 1 heterocycles. The van der Waals surface area contributed by atoms with Crippen molar-refractivity contribution in [3.8, 4) is 5.75 Å². The van der Waals surface area contributed by atoms with Gasteiger partial charge in [0.1, 0.15) is 5.75 Å². The number of fused-ring (bicyclic) bond motifs is 1. The maximum absolute atomic E-state index is 14.0. The molecule has 6 heteroatoms. The van der Waals surface area contributed by atoms with E-state index in [4.69, 9.17) is 9.47 Å². The lowest BCUT2D eigenvalue weighted by molar-refractivity contribution is -0.0952. The Labute approximate surface area is 134 Å². The van der Waals surface area contributed by atoms with E-state index in [9.17, 15) is 19.0 Å². The van der Waals surface area contributed by atoms with Crippen molar-refractivity contribution in [2.75, 3.05) is 6.61 Å². The van der Waals surface area contributed by atoms with Crippen molar-refractivity contribution in [1.29, 1.82) is 0 Å². The van der Waals surface area contributed by atoms with Crippen LogP contribution in [0.4, 0.5) is 8.78 Å². The number of halogens is 2. The summed E-state index contributed by atoms with van der Waals surface area (Å²) in [6, 6.07) is 8.53. The second kappa shape index (κ2) is 6.71. The van der Waals surface area contributed by atoms with Gasteiger partial charge < -0.3 is 19.7 Å². The van der Waals surface area contributed by atoms with E-state index in [2.05, 4.69) is 0 Å². The Balaban J connectivity index is 1.50. The van der Waals surface area contributed by atoms with E-state index in [1.807, 2.05) is 0 Å². The van der Waals surface area contributed by atoms with E-state index < -0.39 is 24.9 Å². The summed E-state index contributed by atoms with van der Waals surface area (Å²) in [6.45, 7) is -0.674. The molecule has 5 atom stereocenters. The van der Waals surface area contributed by atoms with Crippen molar-refractivity contribution in [3.63, 3.8) is 0 Å². The molecule has 0 radical (unpaired) electrons. The minimum atomic E-state index is -2.95. The molecule has 3 rings (SSSR count). The van der Waals surface area contributed by atoms with E-state index in [1.54, 1.807) is 30.3 Å². The van der Waals surface area contributed by atoms with Gasteiger partial charge in [-0.25, -0.2) is 8.78 Å². The topological polar surface area (TPSA) is 58.9 Å². The lowest BCUT2D eigenvalue weighted by Crippen LogP contribution is -2.29. The van der Waals surface area contributed by atoms with Gasteiger partial charge in [-0.2, -0.15) is 0 Å². The Kier molecular flexibility index (Phi) is 4.85. The van der Waals surface area contributed by atoms with Crippen molar-refractivity contribution in [1.82, 2.24) is 0 Å². The Bertz CT molecular complexity index is 511. The first-order valence-electron chi connectivity index (χ1n) is 8.02. The second-order valence-electron chi connectivity index (χ2n) is 6.49. The average Bonchev–Trinajstić information content (AvgIpc) is 2.99. The van der Waals surface area contributed by atoms with E-state index in [-0.39, 0.29) is 30.8 Å². The van der Waals surface area contributed by atoms with Gasteiger partial charge in [0.05, 0.1) is 12.2 Å². The van der Waals surface area contributed by atoms with Gasteiger partial charge >= 0.3 is 0 Å². The number of alkyl halides is 2. The zero-order chi connectivity index (χ0) is 16.4. The number of ether oxygens (including phenoxy) is 2. The third kappa shape index (κ3) is 4.00. The number of aliphatic hydroxyl groups excluding tert-OH is 2. The van der Waals surface area contributed by atoms with Crippen LogP contribution in [0, 0.1) is 11.8 Å². The first kappa shape index (κ1) is 16.6. The largest absolute Gasteiger partial charge is 0.487 e. The summed E-state index contributed by atoms with van der Waals surface area (Å²) in [5, 5.41) is 19.6. The Morgan fingerprint density at radius 2 is 1.91 bits per heavy atom. The zero-order valence-electron chi connectivity index (χ0n) is 12.8. The highest BCUT2D eigenvalue weighted by Crippen LogP contribution is 2.45. The molecular weight excluding hydrogens is 306 g/mol. The number of hydrogen-bond donors (Lipinski definition) is 2. The fourth-order valence-corrected chi connectivity index (χ4v) is 3.68. The van der Waals surface area contributed by atoms with Crippen LogP contribution in [-0.4, -0.2) is 41.2 Å². The van der Waals surface area contributed by atoms with Gasteiger partial charge in [0, 0.05) is 19.3 Å². The molecule has 2 fully saturated rings. The lowest BCUT2D eigenvalue weighted by atomic mass is 9.87. The molecule has 0 bridgehead atoms. The van der Waals surface area contributed by atoms with Crippen LogP contribution in [0.2, 0.25) is 0 Å². The molecule has 1 aliphatic carbocycles. The van der Waals surface area contributed by atoms with Crippen LogP contribution in [0.3, 0.4) is 0 Å². The van der Waals surface area contributed by atoms with E-state index in [0.717, 1.165) is 0 Å². The summed E-state index contributed by atoms with van der Waals surface area (Å²) >= 11 is 0. The summed E-state index contributed by atoms with van der Waals surface area (Å²) in [4.78, 5) is 0. The average molecular weight is 328 g/mol. The molecule has 1 saturated heterocycles. The van der Waals surface area contributed by atoms with E-state index >= 15 is 0 Å². The summed E-state index contributed by atoms with van der Waals surface area (Å²) < 4.78 is 38.5. The van der Waals surface area contributed by atoms with Crippen molar-refractivity contribution < 1.29 is 28.5 Å². The quantitative estimate of drug-likeness (QED) is 0.843. The zero-order valence-corrected chi connectivity index (χ0v) is 12.8. The number of hydrogen-bond acceptors (Lipinski definition) is 4. The van der Waals surface area contributed by atoms with Crippen LogP contribution in [0.1, 0.15) is 25.7 Å². The highest BCUT2D eigenvalue weighted by Gasteiger charge is 2.49. The maximum atomic E-state index is 14.0. The van der Waals surface area contributed by atoms with Gasteiger partial charge in [0.2, 0.25) is 0 Å². The van der Waals surface area contributed by atoms with Crippen LogP contribution in [0.5, 0.6) is 5.75 Å². The molecule has 1 aromatic carbocycles. The molecule has 1 unspecified atom stereocenters. The third-order valence-electron chi connectivity index (χ3n) is 4.84. The van der Waals surface area contributed by atoms with Crippen LogP contribution in [0.25, 0.3) is 0 Å². The van der Waals surface area contributed by atoms with Crippen molar-refractivity contribution >= 4 is 0 Å². The number of benzene rings is 1. The predicted octanol–water partition coefficient (Wildman–Crippen LogP) is 2.59. The molecule has 2 N–H and O–H groups in total. The molecule has 0 aromatic heterocycles. The van der Waals surface area contributed by atoms with Crippen LogP contribution < -0.4 is 4.74 Å². The molecule has 128 valence electrons. The molecule has 2 aliphatic rings. The van der Waals surface area contributed by atoms with Crippen molar-refractivity contribution in [2.24, 2.45) is 11.8 Å². The second-order valence-corrected chi connectivity index (χ2v) is 6.49. The summed E-state index contributed by atoms with van der Waals surface area (Å²) in [7, 11) is 0. The van der Waals surface area contributed by atoms with Gasteiger partial charge in [-0.3, -0.25) is 0 Å². The number of rotatable bonds is 6. The minimum absolute atomic E-state index is 0.0363. The van der Waals surface area contributed by atoms with Gasteiger partial charge in [0.15, 0.2) is 12.9 Å². The first-order chi connectivity index (χ1) is 10.9. The Morgan fingerprint density at radius 3 is 2.65 bits per heavy atom. The summed E-state index contributed by atoms with van der Waals surface area (Å²) in [5.41, 5.74) is 0. The van der Waals surface area contributed by atoms with Crippen molar-refractivity contribution in [2.45, 2.75) is 50.1 Å². The summed E-state index contributed by atoms with van der Waals surface area (Å²) in [5.74, 6) is -2.82. The molecule has 1 aliphatic heterocycles. The number of aliphatic hydroxyl groups is 2. The molecule has 1 saturated carbocycles. The highest BCUT2D eigenvalue weighted by molar-refractivity contribution is 5.20. The lowest BCUT2D eigenvalue weighted by Gasteiger charge is -2.23. The fourth-order valence-electron chi connectivity index (χ4n) is 3.68. The normalized spacial score (nSPS) is 33.7. The smallest absolute Gasteiger partial charge is 0.281 e. The van der Waals surface area contributed by atoms with Crippen molar-refractivity contribution in [3.05, 3.63) is 30.3 Å². The maximum Gasteiger partial charge on any atom is 0.281 e. The molecule has 0 spiro atoms. The van der Waals surface area contributed by atoms with E-state index in [0.29, 0.717) is 18.6 Å². The predicted molar refractivity (Wildman–Crippen MR) is 79.2 cm³/mol. The van der Waals surface area contributed by atoms with Crippen LogP contribution in [0.15, 0.2) is 30.3 Å². The van der Waals surface area contributed by atoms with Gasteiger partial charge in [-0.1, -0.05) is 18.2 Å². The number of para-hydroxylation sites is 1. The molecule has 1 aromatic rings. The molecule has 0 amide bonds. The Morgan fingerprint density at radius 1 is 1.17 bits per heavy atom. The van der Waals surface area contributed by atoms with Gasteiger partial charge in [-0.15, -0.1) is 0 Å². The van der Waals surface area contributed by atoms with Crippen LogP contribution >= 0.6 is 0 Å². The highest BCUT2D eigenvalue weighted by atomic mass is 19.3. The van der Waals surface area contributed by atoms with E-state index in [1.165, 1.54) is 0 Å². The third-order valence-corrected chi connectivity index (χ3v) is 4.84. The monoisotopic (exact) mass is 328 g/mol.